The van der Waals surface area contributed by atoms with Crippen molar-refractivity contribution in [1.29, 1.82) is 0 Å². The van der Waals surface area contributed by atoms with Gasteiger partial charge in [-0.1, -0.05) is 24.3 Å². The van der Waals surface area contributed by atoms with Crippen molar-refractivity contribution >= 4 is 11.8 Å². The van der Waals surface area contributed by atoms with Crippen LogP contribution in [0.4, 0.5) is 0 Å². The molecule has 0 saturated carbocycles. The molecule has 0 aromatic heterocycles. The van der Waals surface area contributed by atoms with E-state index < -0.39 is 11.8 Å². The summed E-state index contributed by atoms with van der Waals surface area (Å²) in [5.74, 6) is -1.04. The van der Waals surface area contributed by atoms with E-state index in [0.29, 0.717) is 26.2 Å². The van der Waals surface area contributed by atoms with Crippen molar-refractivity contribution in [3.05, 3.63) is 35.4 Å². The number of nitrogens with two attached hydrogens (primary N) is 1. The van der Waals surface area contributed by atoms with Gasteiger partial charge in [-0.3, -0.25) is 9.59 Å². The Morgan fingerprint density at radius 2 is 2.00 bits per heavy atom. The van der Waals surface area contributed by atoms with Crippen LogP contribution in [0.2, 0.25) is 0 Å². The van der Waals surface area contributed by atoms with Crippen LogP contribution in [0.25, 0.3) is 0 Å². The Kier molecular flexibility index (Phi) is 3.94. The number of carbonyl (C=O) groups is 2. The van der Waals surface area contributed by atoms with E-state index in [1.54, 1.807) is 4.90 Å². The van der Waals surface area contributed by atoms with E-state index in [2.05, 4.69) is 11.4 Å². The molecule has 0 atom stereocenters. The van der Waals surface area contributed by atoms with Gasteiger partial charge in [0, 0.05) is 26.2 Å². The van der Waals surface area contributed by atoms with Crippen LogP contribution in [0.5, 0.6) is 0 Å². The molecule has 2 amide bonds. The lowest BCUT2D eigenvalue weighted by atomic mass is 10.00. The molecule has 1 aliphatic rings. The van der Waals surface area contributed by atoms with Crippen LogP contribution in [-0.2, 0) is 22.6 Å². The van der Waals surface area contributed by atoms with E-state index in [1.807, 2.05) is 18.2 Å². The van der Waals surface area contributed by atoms with Gasteiger partial charge in [0.25, 0.3) is 0 Å². The van der Waals surface area contributed by atoms with Crippen LogP contribution >= 0.6 is 0 Å². The second-order valence-electron chi connectivity index (χ2n) is 4.29. The van der Waals surface area contributed by atoms with Crippen molar-refractivity contribution in [3.63, 3.8) is 0 Å². The van der Waals surface area contributed by atoms with Crippen molar-refractivity contribution in [2.24, 2.45) is 5.73 Å². The summed E-state index contributed by atoms with van der Waals surface area (Å²) < 4.78 is 0. The van der Waals surface area contributed by atoms with Gasteiger partial charge in [0.2, 0.25) is 0 Å². The standard InChI is InChI=1S/C13H17N3O2/c14-6-7-15-12(17)13(18)16-8-5-10-3-1-2-4-11(10)9-16/h1-4H,5-9,14H2,(H,15,17). The highest BCUT2D eigenvalue weighted by atomic mass is 16.2. The molecule has 18 heavy (non-hydrogen) atoms. The molecule has 0 saturated heterocycles. The lowest BCUT2D eigenvalue weighted by Crippen LogP contribution is -2.46. The quantitative estimate of drug-likeness (QED) is 0.701. The van der Waals surface area contributed by atoms with Gasteiger partial charge in [-0.05, 0) is 17.5 Å². The lowest BCUT2D eigenvalue weighted by Gasteiger charge is -2.28. The number of benzene rings is 1. The Labute approximate surface area is 106 Å². The SMILES string of the molecule is NCCNC(=O)C(=O)N1CCc2ccccc2C1. The zero-order chi connectivity index (χ0) is 13.0. The van der Waals surface area contributed by atoms with Crippen molar-refractivity contribution < 1.29 is 9.59 Å². The normalized spacial score (nSPS) is 13.9. The molecule has 1 aliphatic heterocycles. The number of hydrogen-bond donors (Lipinski definition) is 2. The van der Waals surface area contributed by atoms with E-state index in [1.165, 1.54) is 5.56 Å². The van der Waals surface area contributed by atoms with Crippen LogP contribution in [-0.4, -0.2) is 36.3 Å². The van der Waals surface area contributed by atoms with E-state index in [0.717, 1.165) is 12.0 Å². The van der Waals surface area contributed by atoms with Gasteiger partial charge in [0.15, 0.2) is 0 Å². The van der Waals surface area contributed by atoms with Gasteiger partial charge in [0.1, 0.15) is 0 Å². The Hall–Kier alpha value is -1.88. The highest BCUT2D eigenvalue weighted by Gasteiger charge is 2.24. The van der Waals surface area contributed by atoms with Gasteiger partial charge in [0.05, 0.1) is 0 Å². The van der Waals surface area contributed by atoms with Gasteiger partial charge in [-0.25, -0.2) is 0 Å². The van der Waals surface area contributed by atoms with E-state index >= 15 is 0 Å². The number of nitrogens with zero attached hydrogens (tertiary/aromatic N) is 1. The number of rotatable bonds is 2. The molecule has 1 heterocycles. The molecular formula is C13H17N3O2. The molecule has 0 unspecified atom stereocenters. The first-order valence-electron chi connectivity index (χ1n) is 6.06. The zero-order valence-corrected chi connectivity index (χ0v) is 10.2. The third kappa shape index (κ3) is 2.68. The third-order valence-corrected chi connectivity index (χ3v) is 3.04. The van der Waals surface area contributed by atoms with Crippen molar-refractivity contribution in [3.8, 4) is 0 Å². The summed E-state index contributed by atoms with van der Waals surface area (Å²) in [6.07, 6.45) is 0.798. The number of carbonyl (C=O) groups excluding carboxylic acids is 2. The van der Waals surface area contributed by atoms with Gasteiger partial charge in [-0.15, -0.1) is 0 Å². The first-order valence-corrected chi connectivity index (χ1v) is 6.06. The van der Waals surface area contributed by atoms with E-state index in [4.69, 9.17) is 5.73 Å². The largest absolute Gasteiger partial charge is 0.347 e. The number of nitrogens with one attached hydrogen (secondary N) is 1. The van der Waals surface area contributed by atoms with Crippen molar-refractivity contribution in [2.75, 3.05) is 19.6 Å². The summed E-state index contributed by atoms with van der Waals surface area (Å²) in [7, 11) is 0. The van der Waals surface area contributed by atoms with Gasteiger partial charge in [-0.2, -0.15) is 0 Å². The van der Waals surface area contributed by atoms with Crippen LogP contribution < -0.4 is 11.1 Å². The monoisotopic (exact) mass is 247 g/mol. The Morgan fingerprint density at radius 3 is 2.72 bits per heavy atom. The topological polar surface area (TPSA) is 75.4 Å². The summed E-state index contributed by atoms with van der Waals surface area (Å²) in [6, 6.07) is 7.99. The highest BCUT2D eigenvalue weighted by molar-refractivity contribution is 6.35. The minimum absolute atomic E-state index is 0.328. The summed E-state index contributed by atoms with van der Waals surface area (Å²) in [6.45, 7) is 1.76. The molecule has 0 fully saturated rings. The second kappa shape index (κ2) is 5.64. The highest BCUT2D eigenvalue weighted by Crippen LogP contribution is 2.18. The van der Waals surface area contributed by atoms with Crippen LogP contribution in [0.1, 0.15) is 11.1 Å². The van der Waals surface area contributed by atoms with Crippen LogP contribution in [0, 0.1) is 0 Å². The summed E-state index contributed by atoms with van der Waals surface area (Å²) in [4.78, 5) is 25.0. The summed E-state index contributed by atoms with van der Waals surface area (Å²) in [5, 5.41) is 2.50. The fourth-order valence-electron chi connectivity index (χ4n) is 2.07. The predicted molar refractivity (Wildman–Crippen MR) is 67.6 cm³/mol. The fraction of sp³-hybridized carbons (Fsp3) is 0.385. The number of hydrogen-bond acceptors (Lipinski definition) is 3. The van der Waals surface area contributed by atoms with E-state index in [9.17, 15) is 9.59 Å². The van der Waals surface area contributed by atoms with Gasteiger partial charge >= 0.3 is 11.8 Å². The predicted octanol–water partition coefficient (Wildman–Crippen LogP) is -0.354. The average Bonchev–Trinajstić information content (AvgIpc) is 2.43. The molecule has 5 nitrogen and oxygen atoms in total. The molecule has 5 heteroatoms. The van der Waals surface area contributed by atoms with Crippen LogP contribution in [0.15, 0.2) is 24.3 Å². The summed E-state index contributed by atoms with van der Waals surface area (Å²) >= 11 is 0. The maximum Gasteiger partial charge on any atom is 0.312 e. The first kappa shape index (κ1) is 12.6. The first-order chi connectivity index (χ1) is 8.72. The minimum atomic E-state index is -0.570. The molecule has 0 aliphatic carbocycles. The maximum absolute atomic E-state index is 11.9. The molecule has 0 radical (unpaired) electrons. The molecule has 2 rings (SSSR count). The smallest absolute Gasteiger partial charge is 0.312 e. The molecule has 0 bridgehead atoms. The number of amides is 2. The van der Waals surface area contributed by atoms with E-state index in [-0.39, 0.29) is 0 Å². The summed E-state index contributed by atoms with van der Waals surface area (Å²) in [5.41, 5.74) is 7.65. The Morgan fingerprint density at radius 1 is 1.28 bits per heavy atom. The maximum atomic E-state index is 11.9. The molecule has 96 valence electrons. The lowest BCUT2D eigenvalue weighted by molar-refractivity contribution is -0.146. The molecule has 0 spiro atoms. The zero-order valence-electron chi connectivity index (χ0n) is 10.2. The van der Waals surface area contributed by atoms with Gasteiger partial charge < -0.3 is 16.0 Å². The molecule has 1 aromatic rings. The Balaban J connectivity index is 2.00. The third-order valence-electron chi connectivity index (χ3n) is 3.04. The second-order valence-corrected chi connectivity index (χ2v) is 4.29. The van der Waals surface area contributed by atoms with Crippen LogP contribution in [0.3, 0.4) is 0 Å². The Bertz CT molecular complexity index is 459. The molecular weight excluding hydrogens is 230 g/mol. The average molecular weight is 247 g/mol. The molecule has 3 N–H and O–H groups in total. The number of fused-ring (bicyclic) bond motifs is 1. The van der Waals surface area contributed by atoms with Crippen molar-refractivity contribution in [2.45, 2.75) is 13.0 Å². The minimum Gasteiger partial charge on any atom is -0.347 e. The van der Waals surface area contributed by atoms with Crippen molar-refractivity contribution in [1.82, 2.24) is 10.2 Å². The fourth-order valence-corrected chi connectivity index (χ4v) is 2.07. The molecule has 1 aromatic carbocycles.